The number of hydrogen-bond donors (Lipinski definition) is 1. The Kier molecular flexibility index (Phi) is 6.53. The summed E-state index contributed by atoms with van der Waals surface area (Å²) in [5, 5.41) is 4.05. The van der Waals surface area contributed by atoms with E-state index in [0.717, 1.165) is 24.3 Å². The van der Waals surface area contributed by atoms with Crippen molar-refractivity contribution in [3.8, 4) is 11.5 Å². The Hall–Kier alpha value is -3.02. The van der Waals surface area contributed by atoms with Crippen LogP contribution in [-0.4, -0.2) is 38.4 Å². The molecule has 0 atom stereocenters. The number of benzene rings is 2. The molecule has 3 rings (SSSR count). The normalized spacial score (nSPS) is 13.9. The molecule has 1 fully saturated rings. The van der Waals surface area contributed by atoms with Gasteiger partial charge in [-0.3, -0.25) is 4.79 Å². The number of methoxy groups -OCH3 is 1. The van der Waals surface area contributed by atoms with Crippen molar-refractivity contribution in [2.24, 2.45) is 5.10 Å². The first-order valence-electron chi connectivity index (χ1n) is 9.60. The highest BCUT2D eigenvalue weighted by Gasteiger charge is 2.13. The van der Waals surface area contributed by atoms with Gasteiger partial charge in [-0.25, -0.2) is 5.43 Å². The second kappa shape index (κ2) is 9.26. The number of ether oxygens (including phenoxy) is 2. The van der Waals surface area contributed by atoms with Crippen LogP contribution < -0.4 is 19.8 Å². The van der Waals surface area contributed by atoms with Gasteiger partial charge >= 0.3 is 0 Å². The molecule has 1 saturated heterocycles. The Bertz CT molecular complexity index is 825. The van der Waals surface area contributed by atoms with E-state index in [4.69, 9.17) is 9.47 Å². The number of amides is 1. The largest absolute Gasteiger partial charge is 0.493 e. The average molecular weight is 381 g/mol. The Labute approximate surface area is 166 Å². The smallest absolute Gasteiger partial charge is 0.271 e. The molecule has 6 nitrogen and oxygen atoms in total. The van der Waals surface area contributed by atoms with Crippen molar-refractivity contribution < 1.29 is 14.3 Å². The Balaban J connectivity index is 1.59. The van der Waals surface area contributed by atoms with Crippen molar-refractivity contribution >= 4 is 17.8 Å². The van der Waals surface area contributed by atoms with Crippen molar-refractivity contribution in [1.82, 2.24) is 5.43 Å². The highest BCUT2D eigenvalue weighted by molar-refractivity contribution is 5.95. The van der Waals surface area contributed by atoms with Gasteiger partial charge in [0.05, 0.1) is 19.4 Å². The molecule has 0 aromatic heterocycles. The van der Waals surface area contributed by atoms with Crippen LogP contribution in [0, 0.1) is 0 Å². The van der Waals surface area contributed by atoms with E-state index in [1.165, 1.54) is 12.8 Å². The number of nitrogens with one attached hydrogen (secondary N) is 1. The van der Waals surface area contributed by atoms with Gasteiger partial charge in [0.25, 0.3) is 5.91 Å². The zero-order chi connectivity index (χ0) is 19.9. The predicted octanol–water partition coefficient (Wildman–Crippen LogP) is 3.85. The first-order chi connectivity index (χ1) is 13.6. The summed E-state index contributed by atoms with van der Waals surface area (Å²) in [5.41, 5.74) is 5.11. The molecule has 0 unspecified atom stereocenters. The summed E-state index contributed by atoms with van der Waals surface area (Å²) in [4.78, 5) is 14.6. The molecule has 1 aliphatic heterocycles. The van der Waals surface area contributed by atoms with E-state index in [9.17, 15) is 4.79 Å². The maximum atomic E-state index is 12.3. The minimum Gasteiger partial charge on any atom is -0.493 e. The topological polar surface area (TPSA) is 63.2 Å². The van der Waals surface area contributed by atoms with Gasteiger partial charge in [0.1, 0.15) is 0 Å². The monoisotopic (exact) mass is 381 g/mol. The van der Waals surface area contributed by atoms with E-state index in [0.29, 0.717) is 17.1 Å². The van der Waals surface area contributed by atoms with Gasteiger partial charge in [-0.05, 0) is 74.7 Å². The van der Waals surface area contributed by atoms with Gasteiger partial charge in [-0.1, -0.05) is 0 Å². The molecule has 6 heteroatoms. The molecule has 0 aliphatic carbocycles. The highest BCUT2D eigenvalue weighted by Crippen LogP contribution is 2.28. The lowest BCUT2D eigenvalue weighted by atomic mass is 10.2. The summed E-state index contributed by atoms with van der Waals surface area (Å²) in [7, 11) is 1.59. The predicted molar refractivity (Wildman–Crippen MR) is 112 cm³/mol. The van der Waals surface area contributed by atoms with Crippen LogP contribution in [0.2, 0.25) is 0 Å². The summed E-state index contributed by atoms with van der Waals surface area (Å²) < 4.78 is 11.1. The van der Waals surface area contributed by atoms with Crippen LogP contribution in [0.4, 0.5) is 5.69 Å². The number of carbonyl (C=O) groups is 1. The lowest BCUT2D eigenvalue weighted by molar-refractivity contribution is 0.0955. The third-order valence-electron chi connectivity index (χ3n) is 4.53. The fourth-order valence-corrected chi connectivity index (χ4v) is 3.14. The van der Waals surface area contributed by atoms with Crippen LogP contribution >= 0.6 is 0 Å². The molecule has 1 N–H and O–H groups in total. The Morgan fingerprint density at radius 1 is 1.11 bits per heavy atom. The molecule has 1 aliphatic rings. The fourth-order valence-electron chi connectivity index (χ4n) is 3.14. The van der Waals surface area contributed by atoms with Crippen LogP contribution in [0.15, 0.2) is 47.6 Å². The molecular weight excluding hydrogens is 354 g/mol. The van der Waals surface area contributed by atoms with Crippen molar-refractivity contribution in [2.75, 3.05) is 25.1 Å². The average Bonchev–Trinajstić information content (AvgIpc) is 3.23. The number of nitrogens with zero attached hydrogens (tertiary/aromatic N) is 2. The zero-order valence-corrected chi connectivity index (χ0v) is 16.6. The van der Waals surface area contributed by atoms with Crippen LogP contribution in [0.25, 0.3) is 0 Å². The second-order valence-corrected chi connectivity index (χ2v) is 7.02. The minimum atomic E-state index is -0.240. The van der Waals surface area contributed by atoms with Crippen molar-refractivity contribution in [3.05, 3.63) is 53.6 Å². The Morgan fingerprint density at radius 2 is 1.82 bits per heavy atom. The summed E-state index contributed by atoms with van der Waals surface area (Å²) >= 11 is 0. The van der Waals surface area contributed by atoms with E-state index < -0.39 is 0 Å². The van der Waals surface area contributed by atoms with Gasteiger partial charge < -0.3 is 14.4 Å². The lowest BCUT2D eigenvalue weighted by Gasteiger charge is -2.17. The quantitative estimate of drug-likeness (QED) is 0.585. The number of rotatable bonds is 7. The molecule has 0 saturated carbocycles. The van der Waals surface area contributed by atoms with Crippen LogP contribution in [-0.2, 0) is 0 Å². The van der Waals surface area contributed by atoms with E-state index in [1.54, 1.807) is 13.3 Å². The molecule has 2 aromatic rings. The third kappa shape index (κ3) is 5.03. The van der Waals surface area contributed by atoms with Crippen molar-refractivity contribution in [1.29, 1.82) is 0 Å². The fraction of sp³-hybridized carbons (Fsp3) is 0.364. The van der Waals surface area contributed by atoms with E-state index in [-0.39, 0.29) is 12.0 Å². The van der Waals surface area contributed by atoms with Gasteiger partial charge in [0, 0.05) is 24.3 Å². The summed E-state index contributed by atoms with van der Waals surface area (Å²) in [5.74, 6) is 1.06. The molecule has 148 valence electrons. The molecular formula is C22H27N3O3. The molecule has 0 spiro atoms. The summed E-state index contributed by atoms with van der Waals surface area (Å²) in [6.07, 6.45) is 4.10. The first kappa shape index (κ1) is 19.7. The van der Waals surface area contributed by atoms with E-state index >= 15 is 0 Å². The molecule has 0 bridgehead atoms. The summed E-state index contributed by atoms with van der Waals surface area (Å²) in [6, 6.07) is 13.2. The van der Waals surface area contributed by atoms with Crippen LogP contribution in [0.3, 0.4) is 0 Å². The summed E-state index contributed by atoms with van der Waals surface area (Å²) in [6.45, 7) is 6.09. The molecule has 2 aromatic carbocycles. The zero-order valence-electron chi connectivity index (χ0n) is 16.6. The number of carbonyl (C=O) groups excluding carboxylic acids is 1. The number of hydrazone groups is 1. The van der Waals surface area contributed by atoms with Gasteiger partial charge in [0.15, 0.2) is 11.5 Å². The second-order valence-electron chi connectivity index (χ2n) is 7.02. The molecule has 1 heterocycles. The lowest BCUT2D eigenvalue weighted by Crippen LogP contribution is -2.19. The van der Waals surface area contributed by atoms with Gasteiger partial charge in [-0.15, -0.1) is 0 Å². The molecule has 1 amide bonds. The van der Waals surface area contributed by atoms with Gasteiger partial charge in [0.2, 0.25) is 0 Å². The van der Waals surface area contributed by atoms with E-state index in [1.807, 2.05) is 56.3 Å². The minimum absolute atomic E-state index is 0.0598. The van der Waals surface area contributed by atoms with Gasteiger partial charge in [-0.2, -0.15) is 5.10 Å². The van der Waals surface area contributed by atoms with Crippen LogP contribution in [0.5, 0.6) is 11.5 Å². The Morgan fingerprint density at radius 3 is 2.46 bits per heavy atom. The highest BCUT2D eigenvalue weighted by atomic mass is 16.5. The molecule has 28 heavy (non-hydrogen) atoms. The third-order valence-corrected chi connectivity index (χ3v) is 4.53. The first-order valence-corrected chi connectivity index (χ1v) is 9.60. The number of anilines is 1. The molecule has 0 radical (unpaired) electrons. The van der Waals surface area contributed by atoms with Crippen molar-refractivity contribution in [2.45, 2.75) is 32.8 Å². The van der Waals surface area contributed by atoms with Crippen LogP contribution in [0.1, 0.15) is 42.6 Å². The van der Waals surface area contributed by atoms with Crippen molar-refractivity contribution in [3.63, 3.8) is 0 Å². The number of hydrogen-bond acceptors (Lipinski definition) is 5. The standard InChI is InChI=1S/C22H27N3O3/c1-16(2)28-20-11-6-17(14-21(20)27-3)15-23-24-22(26)18-7-9-19(10-8-18)25-12-4-5-13-25/h6-11,14-16H,4-5,12-13H2,1-3H3,(H,24,26)/b23-15-. The maximum Gasteiger partial charge on any atom is 0.271 e. The maximum absolute atomic E-state index is 12.3. The SMILES string of the molecule is COc1cc(/C=N\NC(=O)c2ccc(N3CCCC3)cc2)ccc1OC(C)C. The van der Waals surface area contributed by atoms with E-state index in [2.05, 4.69) is 15.4 Å².